The number of fused-ring (bicyclic) bond motifs is 2. The molecule has 5 rings (SSSR count). The summed E-state index contributed by atoms with van der Waals surface area (Å²) in [5.41, 5.74) is 10.4. The van der Waals surface area contributed by atoms with Crippen molar-refractivity contribution in [1.82, 2.24) is 29.9 Å². The fourth-order valence-corrected chi connectivity index (χ4v) is 3.75. The van der Waals surface area contributed by atoms with Gasteiger partial charge in [0.2, 0.25) is 0 Å². The number of imidazole rings is 1. The van der Waals surface area contributed by atoms with Crippen molar-refractivity contribution in [3.63, 3.8) is 0 Å². The smallest absolute Gasteiger partial charge is 0.250 e. The van der Waals surface area contributed by atoms with Crippen molar-refractivity contribution < 1.29 is 4.39 Å². The lowest BCUT2D eigenvalue weighted by atomic mass is 10.0. The molecule has 3 N–H and O–H groups in total. The summed E-state index contributed by atoms with van der Waals surface area (Å²) in [7, 11) is 1.66. The van der Waals surface area contributed by atoms with Gasteiger partial charge in [0, 0.05) is 29.8 Å². The fourth-order valence-electron chi connectivity index (χ4n) is 3.59. The summed E-state index contributed by atoms with van der Waals surface area (Å²) in [5, 5.41) is 8.41. The molecule has 0 bridgehead atoms. The molecule has 32 heavy (non-hydrogen) atoms. The molecule has 5 aromatic rings. The first-order valence-electron chi connectivity index (χ1n) is 9.88. The van der Waals surface area contributed by atoms with Crippen LogP contribution in [0.1, 0.15) is 22.9 Å². The second kappa shape index (κ2) is 8.03. The molecule has 3 heterocycles. The molecule has 7 nitrogen and oxygen atoms in total. The Kier molecular flexibility index (Phi) is 5.04. The number of pyridine rings is 1. The van der Waals surface area contributed by atoms with Gasteiger partial charge in [0.1, 0.15) is 16.5 Å². The lowest BCUT2D eigenvalue weighted by molar-refractivity contribution is 0.625. The quantitative estimate of drug-likeness (QED) is 0.411. The Labute approximate surface area is 188 Å². The van der Waals surface area contributed by atoms with Gasteiger partial charge < -0.3 is 11.1 Å². The van der Waals surface area contributed by atoms with Gasteiger partial charge in [-0.2, -0.15) is 9.61 Å². The number of nitrogens with two attached hydrogens (primary N) is 1. The van der Waals surface area contributed by atoms with Gasteiger partial charge in [-0.25, -0.2) is 14.4 Å². The van der Waals surface area contributed by atoms with E-state index in [1.807, 2.05) is 30.3 Å². The molecule has 0 aliphatic heterocycles. The highest BCUT2D eigenvalue weighted by atomic mass is 32.1. The molecule has 0 radical (unpaired) electrons. The van der Waals surface area contributed by atoms with Crippen LogP contribution in [-0.2, 0) is 0 Å². The summed E-state index contributed by atoms with van der Waals surface area (Å²) in [6.07, 6.45) is 4.97. The number of hydrogen-bond acceptors (Lipinski definition) is 6. The Hall–Kier alpha value is -3.82. The number of nitrogens with one attached hydrogen (secondary N) is 1. The predicted octanol–water partition coefficient (Wildman–Crippen LogP) is 3.42. The zero-order valence-electron chi connectivity index (χ0n) is 17.0. The summed E-state index contributed by atoms with van der Waals surface area (Å²) < 4.78 is 16.2. The van der Waals surface area contributed by atoms with E-state index in [-0.39, 0.29) is 0 Å². The van der Waals surface area contributed by atoms with Crippen LogP contribution in [0.2, 0.25) is 0 Å². The standard InChI is InChI=1S/C23H18FN7S/c1-26-22(32)16-6-4-14(10-17(16)24)19-11-28-23-29-12-20(31(23)30-19)21(25)15-5-7-18-13(9-15)3-2-8-27-18/h2-12,21H,25H2,1H3,(H,26,32). The predicted molar refractivity (Wildman–Crippen MR) is 125 cm³/mol. The molecule has 0 amide bonds. The molecule has 1 atom stereocenters. The maximum Gasteiger partial charge on any atom is 0.250 e. The van der Waals surface area contributed by atoms with E-state index in [2.05, 4.69) is 25.4 Å². The highest BCUT2D eigenvalue weighted by Crippen LogP contribution is 2.25. The molecule has 0 fully saturated rings. The molecule has 2 aromatic carbocycles. The van der Waals surface area contributed by atoms with Gasteiger partial charge >= 0.3 is 0 Å². The normalized spacial score (nSPS) is 12.2. The second-order valence-corrected chi connectivity index (χ2v) is 7.65. The highest BCUT2D eigenvalue weighted by Gasteiger charge is 2.17. The number of benzene rings is 2. The average Bonchev–Trinajstić information content (AvgIpc) is 3.26. The van der Waals surface area contributed by atoms with Crippen LogP contribution < -0.4 is 11.1 Å². The van der Waals surface area contributed by atoms with Crippen molar-refractivity contribution in [2.24, 2.45) is 5.73 Å². The van der Waals surface area contributed by atoms with Crippen LogP contribution in [0.4, 0.5) is 4.39 Å². The first-order chi connectivity index (χ1) is 15.5. The summed E-state index contributed by atoms with van der Waals surface area (Å²) in [6.45, 7) is 0. The number of nitrogens with zero attached hydrogens (tertiary/aromatic N) is 5. The maximum absolute atomic E-state index is 14.6. The van der Waals surface area contributed by atoms with Crippen molar-refractivity contribution in [3.05, 3.63) is 89.8 Å². The fraction of sp³-hybridized carbons (Fsp3) is 0.0870. The molecule has 9 heteroatoms. The minimum Gasteiger partial charge on any atom is -0.379 e. The van der Waals surface area contributed by atoms with E-state index in [0.29, 0.717) is 33.3 Å². The van der Waals surface area contributed by atoms with Gasteiger partial charge in [-0.3, -0.25) is 4.98 Å². The Balaban J connectivity index is 1.55. The van der Waals surface area contributed by atoms with Gasteiger partial charge in [0.05, 0.1) is 29.6 Å². The lowest BCUT2D eigenvalue weighted by Gasteiger charge is -2.13. The Morgan fingerprint density at radius 1 is 1.09 bits per heavy atom. The third-order valence-electron chi connectivity index (χ3n) is 5.30. The number of halogens is 1. The van der Waals surface area contributed by atoms with Gasteiger partial charge in [-0.05, 0) is 35.9 Å². The highest BCUT2D eigenvalue weighted by molar-refractivity contribution is 7.80. The van der Waals surface area contributed by atoms with Crippen LogP contribution in [0.3, 0.4) is 0 Å². The van der Waals surface area contributed by atoms with E-state index in [1.165, 1.54) is 6.07 Å². The minimum absolute atomic E-state index is 0.330. The molecular formula is C23H18FN7S. The van der Waals surface area contributed by atoms with Crippen molar-refractivity contribution in [3.8, 4) is 11.3 Å². The van der Waals surface area contributed by atoms with Gasteiger partial charge in [0.15, 0.2) is 0 Å². The summed E-state index contributed by atoms with van der Waals surface area (Å²) >= 11 is 5.13. The van der Waals surface area contributed by atoms with E-state index in [1.54, 1.807) is 42.3 Å². The van der Waals surface area contributed by atoms with E-state index in [9.17, 15) is 4.39 Å². The molecule has 0 saturated carbocycles. The zero-order chi connectivity index (χ0) is 22.2. The number of hydrogen-bond donors (Lipinski definition) is 2. The third-order valence-corrected chi connectivity index (χ3v) is 5.72. The van der Waals surface area contributed by atoms with E-state index in [4.69, 9.17) is 18.0 Å². The molecule has 0 spiro atoms. The Bertz CT molecular complexity index is 1480. The molecule has 0 aliphatic rings. The van der Waals surface area contributed by atoms with Crippen molar-refractivity contribution in [1.29, 1.82) is 0 Å². The van der Waals surface area contributed by atoms with Crippen LogP contribution in [0.5, 0.6) is 0 Å². The zero-order valence-corrected chi connectivity index (χ0v) is 17.8. The summed E-state index contributed by atoms with van der Waals surface area (Å²) in [5.74, 6) is -0.0221. The number of aromatic nitrogens is 5. The van der Waals surface area contributed by atoms with Crippen LogP contribution >= 0.6 is 12.2 Å². The van der Waals surface area contributed by atoms with Gasteiger partial charge in [0.25, 0.3) is 5.78 Å². The van der Waals surface area contributed by atoms with Crippen LogP contribution in [0, 0.1) is 5.82 Å². The van der Waals surface area contributed by atoms with Crippen LogP contribution in [0.25, 0.3) is 27.9 Å². The SMILES string of the molecule is CNC(=S)c1ccc(-c2cnc3ncc(C(N)c4ccc5ncccc5c4)n3n2)cc1F. The lowest BCUT2D eigenvalue weighted by Crippen LogP contribution is -2.18. The Morgan fingerprint density at radius 3 is 2.75 bits per heavy atom. The van der Waals surface area contributed by atoms with Crippen molar-refractivity contribution >= 4 is 33.9 Å². The van der Waals surface area contributed by atoms with Gasteiger partial charge in [-0.1, -0.05) is 30.4 Å². The van der Waals surface area contributed by atoms with Gasteiger partial charge in [-0.15, -0.1) is 0 Å². The topological polar surface area (TPSA) is 94.0 Å². The van der Waals surface area contributed by atoms with E-state index < -0.39 is 11.9 Å². The molecule has 158 valence electrons. The molecule has 0 saturated heterocycles. The largest absolute Gasteiger partial charge is 0.379 e. The molecule has 3 aromatic heterocycles. The minimum atomic E-state index is -0.480. The first kappa shape index (κ1) is 20.1. The first-order valence-corrected chi connectivity index (χ1v) is 10.3. The number of rotatable bonds is 4. The van der Waals surface area contributed by atoms with E-state index in [0.717, 1.165) is 16.5 Å². The average molecular weight is 444 g/mol. The monoisotopic (exact) mass is 443 g/mol. The number of thiocarbonyl (C=S) groups is 1. The molecule has 1 unspecified atom stereocenters. The molecule has 0 aliphatic carbocycles. The maximum atomic E-state index is 14.6. The van der Waals surface area contributed by atoms with Crippen LogP contribution in [-0.4, -0.2) is 36.6 Å². The summed E-state index contributed by atoms with van der Waals surface area (Å²) in [4.78, 5) is 13.4. The van der Waals surface area contributed by atoms with E-state index >= 15 is 0 Å². The summed E-state index contributed by atoms with van der Waals surface area (Å²) in [6, 6.07) is 14.0. The third kappa shape index (κ3) is 3.47. The second-order valence-electron chi connectivity index (χ2n) is 7.25. The Morgan fingerprint density at radius 2 is 1.94 bits per heavy atom. The van der Waals surface area contributed by atoms with Crippen molar-refractivity contribution in [2.45, 2.75) is 6.04 Å². The van der Waals surface area contributed by atoms with Crippen molar-refractivity contribution in [2.75, 3.05) is 7.05 Å². The van der Waals surface area contributed by atoms with Crippen LogP contribution in [0.15, 0.2) is 67.1 Å². The molecular weight excluding hydrogens is 425 g/mol.